The van der Waals surface area contributed by atoms with Gasteiger partial charge in [0.25, 0.3) is 0 Å². The van der Waals surface area contributed by atoms with Crippen LogP contribution in [0.4, 0.5) is 0 Å². The van der Waals surface area contributed by atoms with E-state index in [2.05, 4.69) is 21.9 Å². The van der Waals surface area contributed by atoms with Crippen molar-refractivity contribution in [1.29, 1.82) is 0 Å². The monoisotopic (exact) mass is 762 g/mol. The SMILES string of the molecule is Cc1ccc(S(=O)(=O)N[C@H](Cc2ccccc2)C(=O)NCc2ccc([C@H]3O[C@@H](Cn4cnc(Cl)c4Cl)[C@@H](C)[C@@H](c4ccc(CO)cc4)O3)cc2)cc1. The molecule has 5 atom stereocenters. The summed E-state index contributed by atoms with van der Waals surface area (Å²) in [5.74, 6) is -0.539. The minimum Gasteiger partial charge on any atom is -0.392 e. The van der Waals surface area contributed by atoms with Gasteiger partial charge in [-0.1, -0.05) is 127 Å². The van der Waals surface area contributed by atoms with Gasteiger partial charge in [0.05, 0.1) is 36.6 Å². The van der Waals surface area contributed by atoms with Crippen LogP contribution in [-0.4, -0.2) is 41.1 Å². The van der Waals surface area contributed by atoms with Gasteiger partial charge in [0.15, 0.2) is 11.4 Å². The summed E-state index contributed by atoms with van der Waals surface area (Å²) < 4.78 is 44.0. The van der Waals surface area contributed by atoms with Crippen LogP contribution in [0.25, 0.3) is 0 Å². The van der Waals surface area contributed by atoms with Crippen LogP contribution in [0.2, 0.25) is 10.3 Å². The summed E-state index contributed by atoms with van der Waals surface area (Å²) in [7, 11) is -3.97. The average molecular weight is 764 g/mol. The first kappa shape index (κ1) is 37.7. The number of sulfonamides is 1. The number of aromatic nitrogens is 2. The van der Waals surface area contributed by atoms with Gasteiger partial charge in [0.1, 0.15) is 11.2 Å². The van der Waals surface area contributed by atoms with E-state index in [1.165, 1.54) is 12.1 Å². The number of ether oxygens (including phenoxy) is 2. The lowest BCUT2D eigenvalue weighted by Crippen LogP contribution is -2.47. The predicted octanol–water partition coefficient (Wildman–Crippen LogP) is 6.69. The molecule has 0 bridgehead atoms. The first-order valence-corrected chi connectivity index (χ1v) is 19.1. The molecule has 0 aliphatic carbocycles. The largest absolute Gasteiger partial charge is 0.392 e. The van der Waals surface area contributed by atoms with E-state index in [4.69, 9.17) is 32.7 Å². The van der Waals surface area contributed by atoms with Crippen molar-refractivity contribution in [2.75, 3.05) is 0 Å². The van der Waals surface area contributed by atoms with Gasteiger partial charge in [-0.05, 0) is 47.7 Å². The minimum absolute atomic E-state index is 0.0564. The van der Waals surface area contributed by atoms with Gasteiger partial charge in [0.2, 0.25) is 15.9 Å². The van der Waals surface area contributed by atoms with E-state index in [1.807, 2.05) is 85.8 Å². The molecule has 1 saturated heterocycles. The Kier molecular flexibility index (Phi) is 12.1. The van der Waals surface area contributed by atoms with Crippen molar-refractivity contribution in [1.82, 2.24) is 19.6 Å². The van der Waals surface area contributed by atoms with Crippen molar-refractivity contribution >= 4 is 39.1 Å². The first-order valence-electron chi connectivity index (χ1n) is 16.9. The third kappa shape index (κ3) is 9.10. The van der Waals surface area contributed by atoms with Crippen LogP contribution in [0, 0.1) is 12.8 Å². The smallest absolute Gasteiger partial charge is 0.241 e. The van der Waals surface area contributed by atoms with Crippen molar-refractivity contribution in [2.24, 2.45) is 5.92 Å². The maximum atomic E-state index is 13.5. The summed E-state index contributed by atoms with van der Waals surface area (Å²) in [6, 6.07) is 29.9. The lowest BCUT2D eigenvalue weighted by atomic mass is 9.90. The Morgan fingerprint density at radius 1 is 0.885 bits per heavy atom. The maximum Gasteiger partial charge on any atom is 0.241 e. The van der Waals surface area contributed by atoms with Crippen molar-refractivity contribution in [3.63, 3.8) is 0 Å². The molecule has 0 saturated carbocycles. The highest BCUT2D eigenvalue weighted by atomic mass is 35.5. The molecule has 0 unspecified atom stereocenters. The molecule has 3 N–H and O–H groups in total. The van der Waals surface area contributed by atoms with Crippen LogP contribution in [-0.2, 0) is 50.4 Å². The van der Waals surface area contributed by atoms with Crippen LogP contribution < -0.4 is 10.0 Å². The fourth-order valence-electron chi connectivity index (χ4n) is 6.11. The summed E-state index contributed by atoms with van der Waals surface area (Å²) in [5, 5.41) is 13.0. The Labute approximate surface area is 313 Å². The summed E-state index contributed by atoms with van der Waals surface area (Å²) in [5.41, 5.74) is 5.06. The fourth-order valence-corrected chi connectivity index (χ4v) is 7.62. The molecule has 10 nitrogen and oxygen atoms in total. The highest BCUT2D eigenvalue weighted by Gasteiger charge is 2.39. The number of halogens is 2. The number of aliphatic hydroxyl groups excluding tert-OH is 1. The zero-order chi connectivity index (χ0) is 36.8. The van der Waals surface area contributed by atoms with Gasteiger partial charge < -0.3 is 24.5 Å². The molecule has 4 aromatic carbocycles. The molecule has 1 aliphatic rings. The second-order valence-electron chi connectivity index (χ2n) is 12.9. The molecule has 1 amide bonds. The average Bonchev–Trinajstić information content (AvgIpc) is 3.47. The number of imidazole rings is 1. The van der Waals surface area contributed by atoms with Crippen LogP contribution in [0.5, 0.6) is 0 Å². The number of nitrogens with one attached hydrogen (secondary N) is 2. The summed E-state index contributed by atoms with van der Waals surface area (Å²) in [4.78, 5) is 17.7. The Balaban J connectivity index is 1.17. The van der Waals surface area contributed by atoms with E-state index in [1.54, 1.807) is 23.0 Å². The number of aryl methyl sites for hydroxylation is 1. The molecular weight excluding hydrogens is 723 g/mol. The normalized spacial score (nSPS) is 19.6. The highest BCUT2D eigenvalue weighted by Crippen LogP contribution is 2.42. The molecule has 5 aromatic rings. The zero-order valence-electron chi connectivity index (χ0n) is 28.7. The number of hydrogen-bond acceptors (Lipinski definition) is 7. The molecule has 52 heavy (non-hydrogen) atoms. The van der Waals surface area contributed by atoms with E-state index in [9.17, 15) is 18.3 Å². The fraction of sp³-hybridized carbons (Fsp3) is 0.282. The van der Waals surface area contributed by atoms with E-state index < -0.39 is 28.3 Å². The van der Waals surface area contributed by atoms with Gasteiger partial charge in [-0.3, -0.25) is 4.79 Å². The molecule has 0 radical (unpaired) electrons. The predicted molar refractivity (Wildman–Crippen MR) is 199 cm³/mol. The van der Waals surface area contributed by atoms with Gasteiger partial charge in [-0.2, -0.15) is 4.72 Å². The second-order valence-corrected chi connectivity index (χ2v) is 15.4. The minimum atomic E-state index is -3.97. The van der Waals surface area contributed by atoms with Gasteiger partial charge in [-0.15, -0.1) is 0 Å². The Morgan fingerprint density at radius 2 is 1.54 bits per heavy atom. The molecule has 2 heterocycles. The van der Waals surface area contributed by atoms with Gasteiger partial charge in [0, 0.05) is 18.0 Å². The number of nitrogens with zero attached hydrogens (tertiary/aromatic N) is 2. The second kappa shape index (κ2) is 16.7. The lowest BCUT2D eigenvalue weighted by molar-refractivity contribution is -0.276. The number of rotatable bonds is 13. The molecular formula is C39H40Cl2N4O6S. The quantitative estimate of drug-likeness (QED) is 0.122. The molecule has 1 aromatic heterocycles. The third-order valence-electron chi connectivity index (χ3n) is 9.18. The topological polar surface area (TPSA) is 132 Å². The van der Waals surface area contributed by atoms with Crippen LogP contribution in [0.15, 0.2) is 114 Å². The van der Waals surface area contributed by atoms with Crippen LogP contribution in [0.1, 0.15) is 52.7 Å². The Bertz CT molecular complexity index is 2060. The zero-order valence-corrected chi connectivity index (χ0v) is 31.0. The molecule has 0 spiro atoms. The number of carbonyl (C=O) groups excluding carboxylic acids is 1. The van der Waals surface area contributed by atoms with Crippen molar-refractivity contribution in [3.05, 3.63) is 153 Å². The van der Waals surface area contributed by atoms with Crippen LogP contribution in [0.3, 0.4) is 0 Å². The van der Waals surface area contributed by atoms with E-state index in [0.717, 1.165) is 33.4 Å². The molecule has 13 heteroatoms. The van der Waals surface area contributed by atoms with E-state index >= 15 is 0 Å². The molecule has 1 fully saturated rings. The molecule has 6 rings (SSSR count). The maximum absolute atomic E-state index is 13.5. The van der Waals surface area contributed by atoms with E-state index in [0.29, 0.717) is 11.7 Å². The van der Waals surface area contributed by atoms with Crippen molar-refractivity contribution in [3.8, 4) is 0 Å². The Morgan fingerprint density at radius 3 is 2.17 bits per heavy atom. The standard InChI is InChI=1S/C39H40Cl2N4O6S/c1-25-8-18-32(19-9-25)52(48,49)44-33(20-27-6-4-3-5-7-27)38(47)42-21-28-10-16-31(17-11-28)39-50-34(22-45-24-43-36(40)37(45)41)26(2)35(51-39)30-14-12-29(23-46)13-15-30/h3-19,24,26,33-35,39,44,46H,20-23H2,1-2H3,(H,42,47)/t26-,33-,34+,35+,39+/m1/s1. The number of carbonyl (C=O) groups is 1. The summed E-state index contributed by atoms with van der Waals surface area (Å²) in [6.07, 6.45) is 0.368. The van der Waals surface area contributed by atoms with Crippen molar-refractivity contribution in [2.45, 2.75) is 69.4 Å². The number of amides is 1. The number of hydrogen-bond donors (Lipinski definition) is 3. The highest BCUT2D eigenvalue weighted by molar-refractivity contribution is 7.89. The molecule has 1 aliphatic heterocycles. The molecule has 272 valence electrons. The number of benzene rings is 4. The van der Waals surface area contributed by atoms with Gasteiger partial charge in [-0.25, -0.2) is 13.4 Å². The van der Waals surface area contributed by atoms with Crippen LogP contribution >= 0.6 is 23.2 Å². The van der Waals surface area contributed by atoms with E-state index in [-0.39, 0.29) is 47.7 Å². The first-order chi connectivity index (χ1) is 25.0. The van der Waals surface area contributed by atoms with Gasteiger partial charge >= 0.3 is 0 Å². The van der Waals surface area contributed by atoms with Crippen molar-refractivity contribution < 1.29 is 27.8 Å². The lowest BCUT2D eigenvalue weighted by Gasteiger charge is -2.41. The third-order valence-corrected chi connectivity index (χ3v) is 11.4. The Hall–Kier alpha value is -4.07. The number of aliphatic hydroxyl groups is 1. The summed E-state index contributed by atoms with van der Waals surface area (Å²) >= 11 is 12.5. The summed E-state index contributed by atoms with van der Waals surface area (Å²) in [6.45, 7) is 4.44.